The Kier molecular flexibility index (Phi) is 3.76. The first-order valence-electron chi connectivity index (χ1n) is 5.72. The molecule has 2 N–H and O–H groups in total. The van der Waals surface area contributed by atoms with Crippen molar-refractivity contribution in [1.82, 2.24) is 0 Å². The van der Waals surface area contributed by atoms with Crippen LogP contribution in [0.4, 0.5) is 5.69 Å². The Bertz CT molecular complexity index is 663. The molecule has 0 saturated heterocycles. The Morgan fingerprint density at radius 2 is 1.79 bits per heavy atom. The summed E-state index contributed by atoms with van der Waals surface area (Å²) in [5.41, 5.74) is 6.89. The highest BCUT2D eigenvalue weighted by Crippen LogP contribution is 2.21. The monoisotopic (exact) mass is 277 g/mol. The largest absolute Gasteiger partial charge is 0.497 e. The summed E-state index contributed by atoms with van der Waals surface area (Å²) >= 11 is 0. The molecule has 2 rings (SSSR count). The van der Waals surface area contributed by atoms with Crippen molar-refractivity contribution in [3.8, 4) is 5.75 Å². The van der Waals surface area contributed by atoms with Crippen molar-refractivity contribution >= 4 is 15.5 Å². The molecule has 5 heteroatoms. The summed E-state index contributed by atoms with van der Waals surface area (Å²) in [6.07, 6.45) is 0. The molecule has 0 amide bonds. The molecule has 100 valence electrons. The van der Waals surface area contributed by atoms with Crippen molar-refractivity contribution in [3.63, 3.8) is 0 Å². The number of anilines is 1. The topological polar surface area (TPSA) is 69.4 Å². The number of rotatable bonds is 4. The zero-order chi connectivity index (χ0) is 13.9. The zero-order valence-electron chi connectivity index (χ0n) is 10.5. The van der Waals surface area contributed by atoms with Crippen LogP contribution in [0.2, 0.25) is 0 Å². The van der Waals surface area contributed by atoms with Crippen LogP contribution < -0.4 is 10.5 Å². The highest BCUT2D eigenvalue weighted by atomic mass is 32.2. The van der Waals surface area contributed by atoms with E-state index in [4.69, 9.17) is 10.5 Å². The van der Waals surface area contributed by atoms with Crippen LogP contribution in [0.5, 0.6) is 5.75 Å². The van der Waals surface area contributed by atoms with Crippen LogP contribution >= 0.6 is 0 Å². The number of benzene rings is 2. The molecule has 0 radical (unpaired) electrons. The number of methoxy groups -OCH3 is 1. The molecule has 0 fully saturated rings. The van der Waals surface area contributed by atoms with Gasteiger partial charge in [-0.25, -0.2) is 8.42 Å². The molecule has 0 unspecified atom stereocenters. The first-order chi connectivity index (χ1) is 9.01. The molecule has 4 nitrogen and oxygen atoms in total. The van der Waals surface area contributed by atoms with E-state index in [9.17, 15) is 8.42 Å². The lowest BCUT2D eigenvalue weighted by molar-refractivity contribution is 0.413. The lowest BCUT2D eigenvalue weighted by Crippen LogP contribution is -2.05. The van der Waals surface area contributed by atoms with Crippen molar-refractivity contribution in [2.24, 2.45) is 0 Å². The Labute approximate surface area is 112 Å². The normalized spacial score (nSPS) is 11.2. The van der Waals surface area contributed by atoms with Crippen LogP contribution in [0, 0.1) is 0 Å². The molecule has 0 heterocycles. The predicted octanol–water partition coefficient (Wildman–Crippen LogP) is 2.25. The second-order valence-electron chi connectivity index (χ2n) is 4.18. The number of nitrogen functional groups attached to an aromatic ring is 1. The smallest absolute Gasteiger partial charge is 0.182 e. The van der Waals surface area contributed by atoms with Gasteiger partial charge in [-0.15, -0.1) is 0 Å². The van der Waals surface area contributed by atoms with Gasteiger partial charge in [0.1, 0.15) is 5.75 Å². The first kappa shape index (κ1) is 13.4. The van der Waals surface area contributed by atoms with Gasteiger partial charge in [0.05, 0.1) is 17.8 Å². The van der Waals surface area contributed by atoms with Crippen molar-refractivity contribution < 1.29 is 13.2 Å². The molecule has 0 aliphatic carbocycles. The molecule has 0 spiro atoms. The number of ether oxygens (including phenoxy) is 1. The minimum Gasteiger partial charge on any atom is -0.497 e. The number of sulfone groups is 1. The second-order valence-corrected chi connectivity index (χ2v) is 6.17. The Morgan fingerprint density at radius 1 is 1.11 bits per heavy atom. The predicted molar refractivity (Wildman–Crippen MR) is 74.7 cm³/mol. The zero-order valence-corrected chi connectivity index (χ0v) is 11.4. The van der Waals surface area contributed by atoms with Crippen LogP contribution in [0.1, 0.15) is 5.56 Å². The SMILES string of the molecule is COc1cccc(S(=O)(=O)Cc2ccc(N)cc2)c1. The van der Waals surface area contributed by atoms with Gasteiger partial charge in [0.25, 0.3) is 0 Å². The van der Waals surface area contributed by atoms with Crippen LogP contribution in [-0.2, 0) is 15.6 Å². The minimum atomic E-state index is -3.38. The fraction of sp³-hybridized carbons (Fsp3) is 0.143. The third-order valence-electron chi connectivity index (χ3n) is 2.74. The summed E-state index contributed by atoms with van der Waals surface area (Å²) in [7, 11) is -1.87. The fourth-order valence-corrected chi connectivity index (χ4v) is 3.09. The third kappa shape index (κ3) is 3.26. The van der Waals surface area contributed by atoms with Gasteiger partial charge in [-0.05, 0) is 35.9 Å². The standard InChI is InChI=1S/C14H15NO3S/c1-18-13-3-2-4-14(9-13)19(16,17)10-11-5-7-12(15)8-6-11/h2-9H,10,15H2,1H3. The molecule has 2 aromatic rings. The van der Waals surface area contributed by atoms with Gasteiger partial charge in [0, 0.05) is 5.69 Å². The van der Waals surface area contributed by atoms with E-state index in [-0.39, 0.29) is 10.6 Å². The number of nitrogens with two attached hydrogens (primary N) is 1. The van der Waals surface area contributed by atoms with E-state index in [1.54, 1.807) is 42.5 Å². The fourth-order valence-electron chi connectivity index (χ4n) is 1.71. The van der Waals surface area contributed by atoms with Crippen LogP contribution in [0.15, 0.2) is 53.4 Å². The average molecular weight is 277 g/mol. The van der Waals surface area contributed by atoms with E-state index in [2.05, 4.69) is 0 Å². The Balaban J connectivity index is 2.29. The van der Waals surface area contributed by atoms with E-state index >= 15 is 0 Å². The van der Waals surface area contributed by atoms with E-state index in [0.717, 1.165) is 0 Å². The van der Waals surface area contributed by atoms with E-state index in [0.29, 0.717) is 17.0 Å². The summed E-state index contributed by atoms with van der Waals surface area (Å²) in [6.45, 7) is 0. The highest BCUT2D eigenvalue weighted by Gasteiger charge is 2.15. The summed E-state index contributed by atoms with van der Waals surface area (Å²) in [4.78, 5) is 0.253. The lowest BCUT2D eigenvalue weighted by atomic mass is 10.2. The summed E-state index contributed by atoms with van der Waals surface area (Å²) in [6, 6.07) is 13.3. The van der Waals surface area contributed by atoms with E-state index < -0.39 is 9.84 Å². The van der Waals surface area contributed by atoms with Crippen molar-refractivity contribution in [2.45, 2.75) is 10.6 Å². The van der Waals surface area contributed by atoms with Crippen LogP contribution in [0.3, 0.4) is 0 Å². The maximum atomic E-state index is 12.3. The Hall–Kier alpha value is -2.01. The maximum Gasteiger partial charge on any atom is 0.182 e. The Morgan fingerprint density at radius 3 is 2.42 bits per heavy atom. The minimum absolute atomic E-state index is 0.0551. The molecule has 2 aromatic carbocycles. The van der Waals surface area contributed by atoms with Crippen molar-refractivity contribution in [3.05, 3.63) is 54.1 Å². The molecule has 0 saturated carbocycles. The summed E-state index contributed by atoms with van der Waals surface area (Å²) in [5.74, 6) is 0.471. The number of hydrogen-bond acceptors (Lipinski definition) is 4. The van der Waals surface area contributed by atoms with Gasteiger partial charge in [-0.3, -0.25) is 0 Å². The van der Waals surface area contributed by atoms with E-state index in [1.165, 1.54) is 13.2 Å². The molecule has 0 aliphatic heterocycles. The first-order valence-corrected chi connectivity index (χ1v) is 7.38. The van der Waals surface area contributed by atoms with Gasteiger partial charge in [-0.1, -0.05) is 18.2 Å². The number of hydrogen-bond donors (Lipinski definition) is 1. The summed E-state index contributed by atoms with van der Waals surface area (Å²) < 4.78 is 29.6. The van der Waals surface area contributed by atoms with E-state index in [1.807, 2.05) is 0 Å². The van der Waals surface area contributed by atoms with Gasteiger partial charge < -0.3 is 10.5 Å². The van der Waals surface area contributed by atoms with Crippen molar-refractivity contribution in [2.75, 3.05) is 12.8 Å². The maximum absolute atomic E-state index is 12.3. The van der Waals surface area contributed by atoms with Gasteiger partial charge >= 0.3 is 0 Å². The van der Waals surface area contributed by atoms with Crippen molar-refractivity contribution in [1.29, 1.82) is 0 Å². The second kappa shape index (κ2) is 5.32. The molecule has 19 heavy (non-hydrogen) atoms. The molecular weight excluding hydrogens is 262 g/mol. The van der Waals surface area contributed by atoms with Gasteiger partial charge in [0.15, 0.2) is 9.84 Å². The van der Waals surface area contributed by atoms with Crippen LogP contribution in [-0.4, -0.2) is 15.5 Å². The molecule has 0 bridgehead atoms. The van der Waals surface area contributed by atoms with Gasteiger partial charge in [-0.2, -0.15) is 0 Å². The third-order valence-corrected chi connectivity index (χ3v) is 4.42. The molecule has 0 aliphatic rings. The van der Waals surface area contributed by atoms with Gasteiger partial charge in [0.2, 0.25) is 0 Å². The summed E-state index contributed by atoms with van der Waals surface area (Å²) in [5, 5.41) is 0. The highest BCUT2D eigenvalue weighted by molar-refractivity contribution is 7.90. The quantitative estimate of drug-likeness (QED) is 0.870. The average Bonchev–Trinajstić information content (AvgIpc) is 2.41. The molecular formula is C14H15NO3S. The lowest BCUT2D eigenvalue weighted by Gasteiger charge is -2.07. The van der Waals surface area contributed by atoms with Crippen LogP contribution in [0.25, 0.3) is 0 Å². The molecule has 0 atom stereocenters. The molecule has 0 aromatic heterocycles.